The molecule has 2 heterocycles. The summed E-state index contributed by atoms with van der Waals surface area (Å²) in [5.41, 5.74) is 9.74. The van der Waals surface area contributed by atoms with Gasteiger partial charge in [0.1, 0.15) is 0 Å². The Morgan fingerprint density at radius 3 is 2.70 bits per heavy atom. The predicted molar refractivity (Wildman–Crippen MR) is 90.5 cm³/mol. The molecule has 1 amide bonds. The third-order valence-electron chi connectivity index (χ3n) is 4.74. The van der Waals surface area contributed by atoms with E-state index < -0.39 is 0 Å². The van der Waals surface area contributed by atoms with Crippen molar-refractivity contribution in [3.63, 3.8) is 0 Å². The number of amides is 1. The number of hydrogen-bond acceptors (Lipinski definition) is 3. The van der Waals surface area contributed by atoms with Gasteiger partial charge in [-0.15, -0.1) is 0 Å². The van der Waals surface area contributed by atoms with Gasteiger partial charge in [0, 0.05) is 24.3 Å². The fourth-order valence-corrected chi connectivity index (χ4v) is 3.27. The lowest BCUT2D eigenvalue weighted by Gasteiger charge is -2.16. The van der Waals surface area contributed by atoms with Crippen molar-refractivity contribution in [3.8, 4) is 5.69 Å². The minimum atomic E-state index is 0.180. The van der Waals surface area contributed by atoms with Crippen molar-refractivity contribution >= 4 is 5.91 Å². The lowest BCUT2D eigenvalue weighted by atomic mass is 10.1. The van der Waals surface area contributed by atoms with Gasteiger partial charge in [-0.1, -0.05) is 18.2 Å². The second kappa shape index (κ2) is 6.54. The molecule has 1 aliphatic rings. The van der Waals surface area contributed by atoms with Gasteiger partial charge in [0.25, 0.3) is 0 Å². The number of nitrogens with two attached hydrogens (primary N) is 1. The van der Waals surface area contributed by atoms with Crippen molar-refractivity contribution in [1.82, 2.24) is 14.7 Å². The minimum Gasteiger partial charge on any atom is -0.342 e. The summed E-state index contributed by atoms with van der Waals surface area (Å²) >= 11 is 0. The maximum Gasteiger partial charge on any atom is 0.227 e. The average molecular weight is 312 g/mol. The van der Waals surface area contributed by atoms with Gasteiger partial charge < -0.3 is 10.6 Å². The van der Waals surface area contributed by atoms with E-state index in [0.29, 0.717) is 18.9 Å². The van der Waals surface area contributed by atoms with Crippen molar-refractivity contribution in [1.29, 1.82) is 0 Å². The maximum atomic E-state index is 12.6. The number of hydrogen-bond donors (Lipinski definition) is 1. The molecule has 0 bridgehead atoms. The molecule has 5 heteroatoms. The van der Waals surface area contributed by atoms with E-state index in [1.165, 1.54) is 0 Å². The van der Waals surface area contributed by atoms with E-state index in [4.69, 9.17) is 5.73 Å². The van der Waals surface area contributed by atoms with E-state index in [1.807, 2.05) is 53.8 Å². The third-order valence-corrected chi connectivity index (χ3v) is 4.74. The van der Waals surface area contributed by atoms with Crippen LogP contribution in [-0.2, 0) is 11.2 Å². The van der Waals surface area contributed by atoms with Crippen LogP contribution in [0.15, 0.2) is 30.3 Å². The van der Waals surface area contributed by atoms with Gasteiger partial charge in [0.05, 0.1) is 17.8 Å². The second-order valence-electron chi connectivity index (χ2n) is 6.30. The summed E-state index contributed by atoms with van der Waals surface area (Å²) in [6.45, 7) is 6.28. The van der Waals surface area contributed by atoms with Crippen LogP contribution in [0.2, 0.25) is 0 Å². The van der Waals surface area contributed by atoms with E-state index in [0.717, 1.165) is 42.1 Å². The van der Waals surface area contributed by atoms with Crippen molar-refractivity contribution in [3.05, 3.63) is 47.3 Å². The molecule has 0 radical (unpaired) electrons. The number of aromatic nitrogens is 2. The van der Waals surface area contributed by atoms with Crippen molar-refractivity contribution < 1.29 is 4.79 Å². The highest BCUT2D eigenvalue weighted by atomic mass is 16.2. The standard InChI is InChI=1S/C18H24N4O/c1-13-17(10-18(23)21-9-8-15(11-19)12-21)14(2)22(20-13)16-6-4-3-5-7-16/h3-7,15H,8-12,19H2,1-2H3. The van der Waals surface area contributed by atoms with Crippen molar-refractivity contribution in [2.45, 2.75) is 26.7 Å². The molecule has 3 rings (SSSR count). The lowest BCUT2D eigenvalue weighted by molar-refractivity contribution is -0.129. The Bertz CT molecular complexity index is 693. The Morgan fingerprint density at radius 2 is 2.04 bits per heavy atom. The van der Waals surface area contributed by atoms with Crippen LogP contribution in [0.4, 0.5) is 0 Å². The molecular formula is C18H24N4O. The number of carbonyl (C=O) groups excluding carboxylic acids is 1. The molecular weight excluding hydrogens is 288 g/mol. The minimum absolute atomic E-state index is 0.180. The Morgan fingerprint density at radius 1 is 1.30 bits per heavy atom. The maximum absolute atomic E-state index is 12.6. The molecule has 23 heavy (non-hydrogen) atoms. The Labute approximate surface area is 137 Å². The summed E-state index contributed by atoms with van der Waals surface area (Å²) < 4.78 is 1.92. The van der Waals surface area contributed by atoms with E-state index >= 15 is 0 Å². The van der Waals surface area contributed by atoms with Gasteiger partial charge in [-0.2, -0.15) is 5.10 Å². The smallest absolute Gasteiger partial charge is 0.227 e. The topological polar surface area (TPSA) is 64.2 Å². The van der Waals surface area contributed by atoms with E-state index in [-0.39, 0.29) is 5.91 Å². The summed E-state index contributed by atoms with van der Waals surface area (Å²) in [6.07, 6.45) is 1.44. The second-order valence-corrected chi connectivity index (χ2v) is 6.30. The highest BCUT2D eigenvalue weighted by Crippen LogP contribution is 2.21. The van der Waals surface area contributed by atoms with Gasteiger partial charge in [-0.05, 0) is 44.9 Å². The first kappa shape index (κ1) is 15.7. The molecule has 1 aromatic heterocycles. The van der Waals surface area contributed by atoms with Gasteiger partial charge >= 0.3 is 0 Å². The number of benzene rings is 1. The summed E-state index contributed by atoms with van der Waals surface area (Å²) in [5.74, 6) is 0.632. The molecule has 1 aromatic carbocycles. The van der Waals surface area contributed by atoms with E-state index in [1.54, 1.807) is 0 Å². The monoisotopic (exact) mass is 312 g/mol. The van der Waals surface area contributed by atoms with E-state index in [2.05, 4.69) is 5.10 Å². The zero-order valence-corrected chi connectivity index (χ0v) is 13.8. The Kier molecular flexibility index (Phi) is 4.48. The van der Waals surface area contributed by atoms with Crippen molar-refractivity contribution in [2.24, 2.45) is 11.7 Å². The molecule has 1 fully saturated rings. The normalized spacial score (nSPS) is 17.7. The van der Waals surface area contributed by atoms with Crippen LogP contribution in [0, 0.1) is 19.8 Å². The van der Waals surface area contributed by atoms with Crippen LogP contribution in [0.25, 0.3) is 5.69 Å². The van der Waals surface area contributed by atoms with Gasteiger partial charge in [-0.25, -0.2) is 4.68 Å². The first-order valence-electron chi connectivity index (χ1n) is 8.18. The summed E-state index contributed by atoms with van der Waals surface area (Å²) in [6, 6.07) is 10.0. The number of para-hydroxylation sites is 1. The number of nitrogens with zero attached hydrogens (tertiary/aromatic N) is 3. The molecule has 1 saturated heterocycles. The molecule has 122 valence electrons. The Hall–Kier alpha value is -2.14. The van der Waals surface area contributed by atoms with Crippen LogP contribution >= 0.6 is 0 Å². The van der Waals surface area contributed by atoms with Crippen LogP contribution in [-0.4, -0.2) is 40.2 Å². The van der Waals surface area contributed by atoms with Gasteiger partial charge in [0.2, 0.25) is 5.91 Å². The summed E-state index contributed by atoms with van der Waals surface area (Å²) in [7, 11) is 0. The number of likely N-dealkylation sites (tertiary alicyclic amines) is 1. The molecule has 1 atom stereocenters. The first-order chi connectivity index (χ1) is 11.1. The quantitative estimate of drug-likeness (QED) is 0.937. The zero-order chi connectivity index (χ0) is 16.4. The SMILES string of the molecule is Cc1nn(-c2ccccc2)c(C)c1CC(=O)N1CCC(CN)C1. The molecule has 1 aliphatic heterocycles. The van der Waals surface area contributed by atoms with Crippen molar-refractivity contribution in [2.75, 3.05) is 19.6 Å². The fraction of sp³-hybridized carbons (Fsp3) is 0.444. The number of carbonyl (C=O) groups is 1. The van der Waals surface area contributed by atoms with Crippen LogP contribution in [0.3, 0.4) is 0 Å². The predicted octanol–water partition coefficient (Wildman–Crippen LogP) is 1.84. The highest BCUT2D eigenvalue weighted by Gasteiger charge is 2.26. The van der Waals surface area contributed by atoms with Gasteiger partial charge in [0.15, 0.2) is 0 Å². The van der Waals surface area contributed by atoms with Crippen LogP contribution in [0.5, 0.6) is 0 Å². The largest absolute Gasteiger partial charge is 0.342 e. The fourth-order valence-electron chi connectivity index (χ4n) is 3.27. The van der Waals surface area contributed by atoms with Crippen LogP contribution in [0.1, 0.15) is 23.4 Å². The summed E-state index contributed by atoms with van der Waals surface area (Å²) in [5, 5.41) is 4.62. The molecule has 0 aliphatic carbocycles. The first-order valence-corrected chi connectivity index (χ1v) is 8.18. The Balaban J connectivity index is 1.79. The number of aryl methyl sites for hydroxylation is 1. The molecule has 1 unspecified atom stereocenters. The zero-order valence-electron chi connectivity index (χ0n) is 13.8. The molecule has 0 saturated carbocycles. The lowest BCUT2D eigenvalue weighted by Crippen LogP contribution is -2.31. The molecule has 0 spiro atoms. The molecule has 5 nitrogen and oxygen atoms in total. The molecule has 2 aromatic rings. The highest BCUT2D eigenvalue weighted by molar-refractivity contribution is 5.79. The number of rotatable bonds is 4. The van der Waals surface area contributed by atoms with E-state index in [9.17, 15) is 4.79 Å². The van der Waals surface area contributed by atoms with Crippen LogP contribution < -0.4 is 5.73 Å². The summed E-state index contributed by atoms with van der Waals surface area (Å²) in [4.78, 5) is 14.5. The van der Waals surface area contributed by atoms with Gasteiger partial charge in [-0.3, -0.25) is 4.79 Å². The average Bonchev–Trinajstić information content (AvgIpc) is 3.16. The molecule has 2 N–H and O–H groups in total. The third kappa shape index (κ3) is 3.15.